The quantitative estimate of drug-likeness (QED) is 0.810. The molecule has 0 aromatic carbocycles. The van der Waals surface area contributed by atoms with Crippen molar-refractivity contribution in [1.29, 1.82) is 0 Å². The van der Waals surface area contributed by atoms with Crippen molar-refractivity contribution in [3.8, 4) is 0 Å². The van der Waals surface area contributed by atoms with Gasteiger partial charge in [0.1, 0.15) is 5.82 Å². The summed E-state index contributed by atoms with van der Waals surface area (Å²) in [5.41, 5.74) is 6.34. The highest BCUT2D eigenvalue weighted by Crippen LogP contribution is 2.21. The summed E-state index contributed by atoms with van der Waals surface area (Å²) in [5.74, 6) is 1.09. The second kappa shape index (κ2) is 4.48. The summed E-state index contributed by atoms with van der Waals surface area (Å²) in [6.45, 7) is 2.24. The molecule has 1 aliphatic heterocycles. The predicted octanol–water partition coefficient (Wildman–Crippen LogP) is 0.356. The molecule has 1 saturated heterocycles. The third-order valence-electron chi connectivity index (χ3n) is 2.95. The number of nitrogens with zero attached hydrogens (tertiary/aromatic N) is 2. The third kappa shape index (κ3) is 2.66. The van der Waals surface area contributed by atoms with Crippen LogP contribution < -0.4 is 11.1 Å². The SMILES string of the molecule is Cc1cnc(N)nc1NCC1CCCS1(=O)=O. The normalized spacial score (nSPS) is 22.5. The summed E-state index contributed by atoms with van der Waals surface area (Å²) in [5, 5.41) is 2.73. The van der Waals surface area contributed by atoms with Gasteiger partial charge in [0.05, 0.1) is 11.0 Å². The van der Waals surface area contributed by atoms with Crippen LogP contribution >= 0.6 is 0 Å². The molecule has 1 aromatic rings. The minimum absolute atomic E-state index is 0.187. The highest BCUT2D eigenvalue weighted by atomic mass is 32.2. The lowest BCUT2D eigenvalue weighted by Crippen LogP contribution is -2.25. The van der Waals surface area contributed by atoms with Crippen LogP contribution in [0.4, 0.5) is 11.8 Å². The zero-order chi connectivity index (χ0) is 12.5. The van der Waals surface area contributed by atoms with E-state index in [0.717, 1.165) is 18.4 Å². The molecule has 0 amide bonds. The van der Waals surface area contributed by atoms with Gasteiger partial charge >= 0.3 is 0 Å². The maximum absolute atomic E-state index is 11.6. The van der Waals surface area contributed by atoms with E-state index in [-0.39, 0.29) is 11.2 Å². The molecule has 6 nitrogen and oxygen atoms in total. The minimum atomic E-state index is -2.92. The van der Waals surface area contributed by atoms with Gasteiger partial charge in [-0.2, -0.15) is 4.98 Å². The molecule has 1 unspecified atom stereocenters. The lowest BCUT2D eigenvalue weighted by Gasteiger charge is -2.12. The van der Waals surface area contributed by atoms with Gasteiger partial charge in [-0.3, -0.25) is 0 Å². The van der Waals surface area contributed by atoms with Crippen LogP contribution in [0.5, 0.6) is 0 Å². The lowest BCUT2D eigenvalue weighted by molar-refractivity contribution is 0.591. The maximum Gasteiger partial charge on any atom is 0.221 e. The first-order valence-electron chi connectivity index (χ1n) is 5.53. The first-order chi connectivity index (χ1) is 7.99. The lowest BCUT2D eigenvalue weighted by atomic mass is 10.2. The van der Waals surface area contributed by atoms with Crippen LogP contribution in [-0.4, -0.2) is 35.9 Å². The summed E-state index contributed by atoms with van der Waals surface area (Å²) >= 11 is 0. The van der Waals surface area contributed by atoms with Crippen molar-refractivity contribution in [3.63, 3.8) is 0 Å². The zero-order valence-corrected chi connectivity index (χ0v) is 10.5. The van der Waals surface area contributed by atoms with Crippen LogP contribution in [0.15, 0.2) is 6.20 Å². The Morgan fingerprint density at radius 2 is 2.35 bits per heavy atom. The Morgan fingerprint density at radius 3 is 3.00 bits per heavy atom. The molecule has 1 atom stereocenters. The molecule has 17 heavy (non-hydrogen) atoms. The molecule has 2 rings (SSSR count). The average Bonchev–Trinajstić information content (AvgIpc) is 2.59. The van der Waals surface area contributed by atoms with E-state index in [2.05, 4.69) is 15.3 Å². The number of aromatic nitrogens is 2. The zero-order valence-electron chi connectivity index (χ0n) is 9.68. The van der Waals surface area contributed by atoms with Gasteiger partial charge in [-0.1, -0.05) is 0 Å². The molecular formula is C10H16N4O2S. The number of nitrogens with two attached hydrogens (primary N) is 1. The van der Waals surface area contributed by atoms with E-state index >= 15 is 0 Å². The molecule has 1 aromatic heterocycles. The van der Waals surface area contributed by atoms with Crippen LogP contribution in [-0.2, 0) is 9.84 Å². The smallest absolute Gasteiger partial charge is 0.221 e. The predicted molar refractivity (Wildman–Crippen MR) is 66.5 cm³/mol. The fourth-order valence-corrected chi connectivity index (χ4v) is 3.70. The number of hydrogen-bond acceptors (Lipinski definition) is 6. The van der Waals surface area contributed by atoms with Gasteiger partial charge in [0.2, 0.25) is 5.95 Å². The van der Waals surface area contributed by atoms with Crippen LogP contribution in [0.3, 0.4) is 0 Å². The van der Waals surface area contributed by atoms with Gasteiger partial charge < -0.3 is 11.1 Å². The molecule has 3 N–H and O–H groups in total. The minimum Gasteiger partial charge on any atom is -0.368 e. The number of nitrogen functional groups attached to an aromatic ring is 1. The Kier molecular flexibility index (Phi) is 3.19. The van der Waals surface area contributed by atoms with E-state index in [0.29, 0.717) is 18.1 Å². The Morgan fingerprint density at radius 1 is 1.59 bits per heavy atom. The van der Waals surface area contributed by atoms with E-state index in [1.165, 1.54) is 0 Å². The summed E-state index contributed by atoms with van der Waals surface area (Å²) < 4.78 is 23.3. The number of nitrogens with one attached hydrogen (secondary N) is 1. The standard InChI is InChI=1S/C10H16N4O2S/c1-7-5-13-10(11)14-9(7)12-6-8-3-2-4-17(8,15)16/h5,8H,2-4,6H2,1H3,(H3,11,12,13,14). The second-order valence-electron chi connectivity index (χ2n) is 4.27. The van der Waals surface area contributed by atoms with Crippen molar-refractivity contribution >= 4 is 21.6 Å². The van der Waals surface area contributed by atoms with Crippen molar-refractivity contribution in [3.05, 3.63) is 11.8 Å². The number of rotatable bonds is 3. The van der Waals surface area contributed by atoms with Crippen LogP contribution in [0.2, 0.25) is 0 Å². The van der Waals surface area contributed by atoms with Crippen molar-refractivity contribution in [2.45, 2.75) is 25.0 Å². The molecule has 94 valence electrons. The second-order valence-corrected chi connectivity index (χ2v) is 6.67. The molecular weight excluding hydrogens is 240 g/mol. The summed E-state index contributed by atoms with van der Waals surface area (Å²) in [6, 6.07) is 0. The Balaban J connectivity index is 2.05. The van der Waals surface area contributed by atoms with Crippen molar-refractivity contribution < 1.29 is 8.42 Å². The number of anilines is 2. The first kappa shape index (κ1) is 12.1. The fraction of sp³-hybridized carbons (Fsp3) is 0.600. The van der Waals surface area contributed by atoms with E-state index in [9.17, 15) is 8.42 Å². The Hall–Kier alpha value is -1.37. The van der Waals surface area contributed by atoms with Gasteiger partial charge in [-0.05, 0) is 19.8 Å². The van der Waals surface area contributed by atoms with Crippen molar-refractivity contribution in [2.24, 2.45) is 0 Å². The topological polar surface area (TPSA) is 98.0 Å². The summed E-state index contributed by atoms with van der Waals surface area (Å²) in [4.78, 5) is 7.90. The number of sulfone groups is 1. The van der Waals surface area contributed by atoms with Crippen LogP contribution in [0.1, 0.15) is 18.4 Å². The molecule has 1 aliphatic rings. The Bertz CT molecular complexity index is 515. The number of aryl methyl sites for hydroxylation is 1. The molecule has 0 spiro atoms. The average molecular weight is 256 g/mol. The van der Waals surface area contributed by atoms with E-state index in [4.69, 9.17) is 5.73 Å². The molecule has 0 radical (unpaired) electrons. The van der Waals surface area contributed by atoms with Crippen molar-refractivity contribution in [1.82, 2.24) is 9.97 Å². The summed E-state index contributed by atoms with van der Waals surface area (Å²) in [7, 11) is -2.92. The molecule has 0 saturated carbocycles. The van der Waals surface area contributed by atoms with E-state index < -0.39 is 9.84 Å². The monoisotopic (exact) mass is 256 g/mol. The van der Waals surface area contributed by atoms with Gasteiger partial charge in [-0.15, -0.1) is 0 Å². The highest BCUT2D eigenvalue weighted by Gasteiger charge is 2.30. The molecule has 1 fully saturated rings. The van der Waals surface area contributed by atoms with Gasteiger partial charge in [0.15, 0.2) is 9.84 Å². The maximum atomic E-state index is 11.6. The van der Waals surface area contributed by atoms with Crippen molar-refractivity contribution in [2.75, 3.05) is 23.3 Å². The van der Waals surface area contributed by atoms with E-state index in [1.807, 2.05) is 6.92 Å². The number of hydrogen-bond donors (Lipinski definition) is 2. The van der Waals surface area contributed by atoms with Gasteiger partial charge in [-0.25, -0.2) is 13.4 Å². The molecule has 7 heteroatoms. The summed E-state index contributed by atoms with van der Waals surface area (Å²) in [6.07, 6.45) is 3.09. The molecule has 2 heterocycles. The highest BCUT2D eigenvalue weighted by molar-refractivity contribution is 7.92. The molecule has 0 bridgehead atoms. The van der Waals surface area contributed by atoms with Gasteiger partial charge in [0.25, 0.3) is 0 Å². The van der Waals surface area contributed by atoms with Crippen LogP contribution in [0.25, 0.3) is 0 Å². The molecule has 0 aliphatic carbocycles. The third-order valence-corrected chi connectivity index (χ3v) is 5.23. The van der Waals surface area contributed by atoms with Crippen LogP contribution in [0, 0.1) is 6.92 Å². The fourth-order valence-electron chi connectivity index (χ4n) is 1.93. The van der Waals surface area contributed by atoms with Gasteiger partial charge in [0, 0.05) is 18.3 Å². The Labute approximate surface area is 101 Å². The largest absolute Gasteiger partial charge is 0.368 e. The first-order valence-corrected chi connectivity index (χ1v) is 7.25. The van der Waals surface area contributed by atoms with E-state index in [1.54, 1.807) is 6.20 Å².